The highest BCUT2D eigenvalue weighted by molar-refractivity contribution is 6.30. The van der Waals surface area contributed by atoms with E-state index in [1.165, 1.54) is 6.21 Å². The number of hydrogen-bond acceptors (Lipinski definition) is 2. The van der Waals surface area contributed by atoms with E-state index in [2.05, 4.69) is 10.2 Å². The molecule has 4 N–H and O–H groups in total. The van der Waals surface area contributed by atoms with Crippen LogP contribution in [-0.4, -0.2) is 12.2 Å². The van der Waals surface area contributed by atoms with Gasteiger partial charge < -0.3 is 11.5 Å². The van der Waals surface area contributed by atoms with Crippen molar-refractivity contribution >= 4 is 23.8 Å². The standard InChI is InChI=1S/C8H9ClN4/c9-7-3-1-6(2-4-7)5-12-13-8(10)11/h1-5H,(H4,10,11,13)/b12-5+. The summed E-state index contributed by atoms with van der Waals surface area (Å²) in [4.78, 5) is 0. The van der Waals surface area contributed by atoms with E-state index < -0.39 is 0 Å². The maximum Gasteiger partial charge on any atom is 0.211 e. The molecule has 0 saturated carbocycles. The summed E-state index contributed by atoms with van der Waals surface area (Å²) >= 11 is 5.68. The quantitative estimate of drug-likeness (QED) is 0.420. The Kier molecular flexibility index (Phi) is 3.28. The zero-order chi connectivity index (χ0) is 9.68. The molecule has 1 aromatic rings. The highest BCUT2D eigenvalue weighted by Crippen LogP contribution is 2.07. The first-order chi connectivity index (χ1) is 6.18. The van der Waals surface area contributed by atoms with Crippen molar-refractivity contribution in [3.05, 3.63) is 34.9 Å². The molecule has 0 aromatic heterocycles. The Labute approximate surface area is 80.9 Å². The molecule has 0 atom stereocenters. The van der Waals surface area contributed by atoms with Crippen molar-refractivity contribution in [2.45, 2.75) is 0 Å². The van der Waals surface area contributed by atoms with Crippen LogP contribution in [0, 0.1) is 0 Å². The minimum atomic E-state index is -0.0646. The molecular weight excluding hydrogens is 188 g/mol. The summed E-state index contributed by atoms with van der Waals surface area (Å²) in [5.41, 5.74) is 11.0. The number of benzene rings is 1. The molecule has 0 bridgehead atoms. The van der Waals surface area contributed by atoms with E-state index in [0.717, 1.165) is 5.56 Å². The first kappa shape index (κ1) is 9.54. The van der Waals surface area contributed by atoms with Crippen LogP contribution >= 0.6 is 11.6 Å². The molecule has 0 fully saturated rings. The number of nitrogens with two attached hydrogens (primary N) is 2. The van der Waals surface area contributed by atoms with Crippen LogP contribution in [-0.2, 0) is 0 Å². The number of halogens is 1. The molecule has 4 nitrogen and oxygen atoms in total. The second kappa shape index (κ2) is 4.47. The Bertz CT molecular complexity index is 325. The van der Waals surface area contributed by atoms with Gasteiger partial charge in [-0.3, -0.25) is 0 Å². The Morgan fingerprint density at radius 1 is 1.23 bits per heavy atom. The second-order valence-corrected chi connectivity index (χ2v) is 2.76. The molecule has 0 radical (unpaired) electrons. The maximum atomic E-state index is 5.68. The van der Waals surface area contributed by atoms with Crippen molar-refractivity contribution in [1.29, 1.82) is 0 Å². The van der Waals surface area contributed by atoms with Gasteiger partial charge in [0, 0.05) is 5.02 Å². The van der Waals surface area contributed by atoms with E-state index in [-0.39, 0.29) is 5.96 Å². The van der Waals surface area contributed by atoms with Crippen LogP contribution in [0.3, 0.4) is 0 Å². The van der Waals surface area contributed by atoms with Crippen LogP contribution < -0.4 is 11.5 Å². The third-order valence-corrected chi connectivity index (χ3v) is 1.50. The molecule has 1 rings (SSSR count). The van der Waals surface area contributed by atoms with Gasteiger partial charge in [0.2, 0.25) is 5.96 Å². The van der Waals surface area contributed by atoms with Crippen molar-refractivity contribution in [1.82, 2.24) is 0 Å². The Hall–Kier alpha value is -1.55. The molecule has 0 saturated heterocycles. The highest BCUT2D eigenvalue weighted by Gasteiger charge is 1.87. The van der Waals surface area contributed by atoms with Gasteiger partial charge in [-0.05, 0) is 17.7 Å². The van der Waals surface area contributed by atoms with Gasteiger partial charge in [0.15, 0.2) is 0 Å². The average molecular weight is 197 g/mol. The summed E-state index contributed by atoms with van der Waals surface area (Å²) in [6.45, 7) is 0. The summed E-state index contributed by atoms with van der Waals surface area (Å²) in [7, 11) is 0. The van der Waals surface area contributed by atoms with Gasteiger partial charge in [0.25, 0.3) is 0 Å². The fraction of sp³-hybridized carbons (Fsp3) is 0. The molecule has 0 spiro atoms. The van der Waals surface area contributed by atoms with Gasteiger partial charge in [0.1, 0.15) is 0 Å². The minimum absolute atomic E-state index is 0.0646. The average Bonchev–Trinajstić information content (AvgIpc) is 2.08. The van der Waals surface area contributed by atoms with Crippen LogP contribution in [0.25, 0.3) is 0 Å². The van der Waals surface area contributed by atoms with E-state index in [1.807, 2.05) is 12.1 Å². The molecule has 1 aromatic carbocycles. The van der Waals surface area contributed by atoms with Gasteiger partial charge in [-0.15, -0.1) is 5.10 Å². The van der Waals surface area contributed by atoms with Crippen LogP contribution in [0.1, 0.15) is 5.56 Å². The Balaban J connectivity index is 2.70. The lowest BCUT2D eigenvalue weighted by Crippen LogP contribution is -2.21. The third kappa shape index (κ3) is 3.57. The fourth-order valence-corrected chi connectivity index (χ4v) is 0.837. The Morgan fingerprint density at radius 2 is 1.85 bits per heavy atom. The third-order valence-electron chi connectivity index (χ3n) is 1.25. The lowest BCUT2D eigenvalue weighted by Gasteiger charge is -1.90. The van der Waals surface area contributed by atoms with Gasteiger partial charge in [-0.1, -0.05) is 23.7 Å². The van der Waals surface area contributed by atoms with Crippen molar-refractivity contribution in [3.63, 3.8) is 0 Å². The predicted octanol–water partition coefficient (Wildman–Crippen LogP) is 0.947. The van der Waals surface area contributed by atoms with E-state index in [0.29, 0.717) is 5.02 Å². The summed E-state index contributed by atoms with van der Waals surface area (Å²) in [5.74, 6) is -0.0646. The fourth-order valence-electron chi connectivity index (χ4n) is 0.711. The molecule has 5 heteroatoms. The molecule has 0 unspecified atom stereocenters. The molecule has 0 amide bonds. The molecule has 0 aliphatic carbocycles. The normalized spacial score (nSPS) is 10.2. The molecule has 0 heterocycles. The van der Waals surface area contributed by atoms with Crippen LogP contribution in [0.15, 0.2) is 34.5 Å². The monoisotopic (exact) mass is 196 g/mol. The molecule has 13 heavy (non-hydrogen) atoms. The van der Waals surface area contributed by atoms with E-state index in [9.17, 15) is 0 Å². The largest absolute Gasteiger partial charge is 0.369 e. The smallest absolute Gasteiger partial charge is 0.211 e. The summed E-state index contributed by atoms with van der Waals surface area (Å²) < 4.78 is 0. The highest BCUT2D eigenvalue weighted by atomic mass is 35.5. The van der Waals surface area contributed by atoms with Gasteiger partial charge in [-0.25, -0.2) is 0 Å². The minimum Gasteiger partial charge on any atom is -0.369 e. The molecular formula is C8H9ClN4. The van der Waals surface area contributed by atoms with Gasteiger partial charge in [0.05, 0.1) is 6.21 Å². The SMILES string of the molecule is NC(N)=N/N=C/c1ccc(Cl)cc1. The van der Waals surface area contributed by atoms with Crippen molar-refractivity contribution in [2.75, 3.05) is 0 Å². The lowest BCUT2D eigenvalue weighted by atomic mass is 10.2. The van der Waals surface area contributed by atoms with Crippen molar-refractivity contribution < 1.29 is 0 Å². The van der Waals surface area contributed by atoms with E-state index >= 15 is 0 Å². The van der Waals surface area contributed by atoms with Crippen LogP contribution in [0.5, 0.6) is 0 Å². The summed E-state index contributed by atoms with van der Waals surface area (Å²) in [5, 5.41) is 7.77. The van der Waals surface area contributed by atoms with Crippen molar-refractivity contribution in [2.24, 2.45) is 21.7 Å². The molecule has 68 valence electrons. The summed E-state index contributed by atoms with van der Waals surface area (Å²) in [6, 6.07) is 7.15. The molecule has 0 aliphatic rings. The lowest BCUT2D eigenvalue weighted by molar-refractivity contribution is 1.21. The first-order valence-electron chi connectivity index (χ1n) is 3.56. The van der Waals surface area contributed by atoms with Crippen LogP contribution in [0.2, 0.25) is 5.02 Å². The zero-order valence-electron chi connectivity index (χ0n) is 6.81. The Morgan fingerprint density at radius 3 is 2.38 bits per heavy atom. The molecule has 0 aliphatic heterocycles. The van der Waals surface area contributed by atoms with Crippen molar-refractivity contribution in [3.8, 4) is 0 Å². The number of hydrogen-bond donors (Lipinski definition) is 2. The first-order valence-corrected chi connectivity index (χ1v) is 3.94. The number of nitrogens with zero attached hydrogens (tertiary/aromatic N) is 2. The number of guanidine groups is 1. The predicted molar refractivity (Wildman–Crippen MR) is 54.9 cm³/mol. The van der Waals surface area contributed by atoms with Gasteiger partial charge >= 0.3 is 0 Å². The van der Waals surface area contributed by atoms with E-state index in [1.54, 1.807) is 12.1 Å². The second-order valence-electron chi connectivity index (χ2n) is 2.32. The zero-order valence-corrected chi connectivity index (χ0v) is 7.57. The maximum absolute atomic E-state index is 5.68. The van der Waals surface area contributed by atoms with E-state index in [4.69, 9.17) is 23.1 Å². The number of rotatable bonds is 2. The van der Waals surface area contributed by atoms with Gasteiger partial charge in [-0.2, -0.15) is 5.10 Å². The van der Waals surface area contributed by atoms with Crippen LogP contribution in [0.4, 0.5) is 0 Å². The summed E-state index contributed by atoms with van der Waals surface area (Å²) in [6.07, 6.45) is 1.54. The topological polar surface area (TPSA) is 76.8 Å².